The maximum atomic E-state index is 10.9. The number of carboxylic acids is 1. The second-order valence-corrected chi connectivity index (χ2v) is 5.45. The van der Waals surface area contributed by atoms with E-state index in [9.17, 15) is 9.90 Å². The molecule has 5 nitrogen and oxygen atoms in total. The maximum absolute atomic E-state index is 10.9. The first-order chi connectivity index (χ1) is 10.5. The van der Waals surface area contributed by atoms with Gasteiger partial charge < -0.3 is 20.3 Å². The number of carbonyl (C=O) groups is 1. The number of halogens is 1. The van der Waals surface area contributed by atoms with Crippen LogP contribution in [0, 0.1) is 0 Å². The summed E-state index contributed by atoms with van der Waals surface area (Å²) in [6.07, 6.45) is 0. The molecule has 2 rings (SSSR count). The van der Waals surface area contributed by atoms with Crippen molar-refractivity contribution in [3.8, 4) is 11.5 Å². The summed E-state index contributed by atoms with van der Waals surface area (Å²) in [5.74, 6) is -0.485. The normalized spacial score (nSPS) is 10.3. The number of hydrogen-bond acceptors (Lipinski definition) is 4. The molecule has 0 amide bonds. The SMILES string of the molecule is CCOc1cc(CNc2cccc(C(=O)O)c2)cc(Br)c1O. The lowest BCUT2D eigenvalue weighted by Gasteiger charge is -2.12. The Morgan fingerprint density at radius 3 is 2.77 bits per heavy atom. The minimum Gasteiger partial charge on any atom is -0.503 e. The van der Waals surface area contributed by atoms with Crippen molar-refractivity contribution >= 4 is 27.6 Å². The van der Waals surface area contributed by atoms with Gasteiger partial charge in [0.25, 0.3) is 0 Å². The second-order valence-electron chi connectivity index (χ2n) is 4.60. The van der Waals surface area contributed by atoms with E-state index in [0.717, 1.165) is 5.56 Å². The molecule has 3 N–H and O–H groups in total. The van der Waals surface area contributed by atoms with E-state index in [1.165, 1.54) is 6.07 Å². The van der Waals surface area contributed by atoms with Crippen LogP contribution in [-0.4, -0.2) is 22.8 Å². The van der Waals surface area contributed by atoms with Gasteiger partial charge in [-0.15, -0.1) is 0 Å². The van der Waals surface area contributed by atoms with E-state index in [1.807, 2.05) is 6.92 Å². The second kappa shape index (κ2) is 7.17. The fourth-order valence-corrected chi connectivity index (χ4v) is 2.45. The van der Waals surface area contributed by atoms with Crippen molar-refractivity contribution in [2.75, 3.05) is 11.9 Å². The smallest absolute Gasteiger partial charge is 0.335 e. The molecule has 0 radical (unpaired) electrons. The minimum atomic E-state index is -0.963. The monoisotopic (exact) mass is 365 g/mol. The van der Waals surface area contributed by atoms with Crippen LogP contribution in [0.3, 0.4) is 0 Å². The van der Waals surface area contributed by atoms with Gasteiger partial charge in [0.15, 0.2) is 11.5 Å². The molecular formula is C16H16BrNO4. The van der Waals surface area contributed by atoms with E-state index >= 15 is 0 Å². The molecule has 0 aliphatic rings. The van der Waals surface area contributed by atoms with Gasteiger partial charge in [-0.05, 0) is 58.7 Å². The Morgan fingerprint density at radius 2 is 2.09 bits per heavy atom. The fraction of sp³-hybridized carbons (Fsp3) is 0.188. The van der Waals surface area contributed by atoms with Crippen LogP contribution >= 0.6 is 15.9 Å². The van der Waals surface area contributed by atoms with Crippen LogP contribution in [0.5, 0.6) is 11.5 Å². The zero-order chi connectivity index (χ0) is 16.1. The number of ether oxygens (including phenoxy) is 1. The summed E-state index contributed by atoms with van der Waals surface area (Å²) in [5.41, 5.74) is 1.84. The Morgan fingerprint density at radius 1 is 1.32 bits per heavy atom. The molecule has 0 aliphatic carbocycles. The van der Waals surface area contributed by atoms with Crippen molar-refractivity contribution in [1.29, 1.82) is 0 Å². The Kier molecular flexibility index (Phi) is 5.27. The number of carboxylic acid groups (broad SMARTS) is 1. The molecule has 0 aromatic heterocycles. The number of aromatic hydroxyl groups is 1. The lowest BCUT2D eigenvalue weighted by Crippen LogP contribution is -2.03. The molecule has 0 aliphatic heterocycles. The van der Waals surface area contributed by atoms with Crippen LogP contribution < -0.4 is 10.1 Å². The average molecular weight is 366 g/mol. The molecular weight excluding hydrogens is 350 g/mol. The number of anilines is 1. The van der Waals surface area contributed by atoms with Crippen LogP contribution in [0.4, 0.5) is 5.69 Å². The highest BCUT2D eigenvalue weighted by Gasteiger charge is 2.09. The topological polar surface area (TPSA) is 78.8 Å². The van der Waals surface area contributed by atoms with Gasteiger partial charge >= 0.3 is 5.97 Å². The number of benzene rings is 2. The summed E-state index contributed by atoms with van der Waals surface area (Å²) >= 11 is 3.29. The lowest BCUT2D eigenvalue weighted by atomic mass is 10.1. The van der Waals surface area contributed by atoms with Gasteiger partial charge in [0.2, 0.25) is 0 Å². The summed E-state index contributed by atoms with van der Waals surface area (Å²) in [6, 6.07) is 10.1. The first kappa shape index (κ1) is 16.2. The summed E-state index contributed by atoms with van der Waals surface area (Å²) in [5, 5.41) is 22.0. The Labute approximate surface area is 136 Å². The van der Waals surface area contributed by atoms with Crippen molar-refractivity contribution in [3.63, 3.8) is 0 Å². The molecule has 0 spiro atoms. The summed E-state index contributed by atoms with van der Waals surface area (Å²) in [7, 11) is 0. The van der Waals surface area contributed by atoms with Gasteiger partial charge in [0.05, 0.1) is 16.6 Å². The van der Waals surface area contributed by atoms with Crippen molar-refractivity contribution in [1.82, 2.24) is 0 Å². The van der Waals surface area contributed by atoms with E-state index in [2.05, 4.69) is 21.2 Å². The van der Waals surface area contributed by atoms with Gasteiger partial charge in [-0.25, -0.2) is 4.79 Å². The Hall–Kier alpha value is -2.21. The zero-order valence-electron chi connectivity index (χ0n) is 12.0. The first-order valence-corrected chi connectivity index (χ1v) is 7.52. The molecule has 0 saturated heterocycles. The first-order valence-electron chi connectivity index (χ1n) is 6.72. The summed E-state index contributed by atoms with van der Waals surface area (Å²) in [4.78, 5) is 10.9. The standard InChI is InChI=1S/C16H16BrNO4/c1-2-22-14-7-10(6-13(17)15(14)19)9-18-12-5-3-4-11(8-12)16(20)21/h3-8,18-19H,2,9H2,1H3,(H,20,21). The summed E-state index contributed by atoms with van der Waals surface area (Å²) in [6.45, 7) is 2.77. The van der Waals surface area contributed by atoms with E-state index in [-0.39, 0.29) is 11.3 Å². The molecule has 6 heteroatoms. The maximum Gasteiger partial charge on any atom is 0.335 e. The van der Waals surface area contributed by atoms with Crippen LogP contribution in [0.2, 0.25) is 0 Å². The van der Waals surface area contributed by atoms with Gasteiger partial charge in [0, 0.05) is 12.2 Å². The Bertz CT molecular complexity index is 688. The zero-order valence-corrected chi connectivity index (χ0v) is 13.6. The van der Waals surface area contributed by atoms with Crippen LogP contribution in [0.25, 0.3) is 0 Å². The number of hydrogen-bond donors (Lipinski definition) is 3. The molecule has 0 unspecified atom stereocenters. The largest absolute Gasteiger partial charge is 0.503 e. The predicted molar refractivity (Wildman–Crippen MR) is 87.7 cm³/mol. The molecule has 0 bridgehead atoms. The fourth-order valence-electron chi connectivity index (χ4n) is 1.96. The minimum absolute atomic E-state index is 0.0680. The van der Waals surface area contributed by atoms with Crippen LogP contribution in [0.1, 0.15) is 22.8 Å². The van der Waals surface area contributed by atoms with Crippen LogP contribution in [-0.2, 0) is 6.54 Å². The molecule has 0 saturated carbocycles. The molecule has 0 atom stereocenters. The number of aromatic carboxylic acids is 1. The molecule has 22 heavy (non-hydrogen) atoms. The molecule has 116 valence electrons. The highest BCUT2D eigenvalue weighted by atomic mass is 79.9. The van der Waals surface area contributed by atoms with Gasteiger partial charge in [-0.1, -0.05) is 6.07 Å². The van der Waals surface area contributed by atoms with Gasteiger partial charge in [-0.2, -0.15) is 0 Å². The van der Waals surface area contributed by atoms with E-state index in [0.29, 0.717) is 29.1 Å². The van der Waals surface area contributed by atoms with Crippen molar-refractivity contribution in [3.05, 3.63) is 52.0 Å². The number of phenolic OH excluding ortho intramolecular Hbond substituents is 1. The van der Waals surface area contributed by atoms with E-state index in [4.69, 9.17) is 9.84 Å². The average Bonchev–Trinajstić information content (AvgIpc) is 2.50. The third-order valence-corrected chi connectivity index (χ3v) is 3.60. The number of rotatable bonds is 6. The predicted octanol–water partition coefficient (Wildman–Crippen LogP) is 3.86. The molecule has 0 fully saturated rings. The van der Waals surface area contributed by atoms with E-state index in [1.54, 1.807) is 30.3 Å². The number of phenols is 1. The summed E-state index contributed by atoms with van der Waals surface area (Å²) < 4.78 is 5.93. The van der Waals surface area contributed by atoms with E-state index < -0.39 is 5.97 Å². The molecule has 2 aromatic rings. The third kappa shape index (κ3) is 3.92. The van der Waals surface area contributed by atoms with Crippen molar-refractivity contribution in [2.24, 2.45) is 0 Å². The van der Waals surface area contributed by atoms with Gasteiger partial charge in [-0.3, -0.25) is 0 Å². The lowest BCUT2D eigenvalue weighted by molar-refractivity contribution is 0.0697. The highest BCUT2D eigenvalue weighted by molar-refractivity contribution is 9.10. The molecule has 0 heterocycles. The van der Waals surface area contributed by atoms with Crippen molar-refractivity contribution < 1.29 is 19.7 Å². The third-order valence-electron chi connectivity index (χ3n) is 2.99. The highest BCUT2D eigenvalue weighted by Crippen LogP contribution is 2.35. The van der Waals surface area contributed by atoms with Crippen molar-refractivity contribution in [2.45, 2.75) is 13.5 Å². The number of nitrogens with one attached hydrogen (secondary N) is 1. The van der Waals surface area contributed by atoms with Gasteiger partial charge in [0.1, 0.15) is 0 Å². The Balaban J connectivity index is 2.14. The quantitative estimate of drug-likeness (QED) is 0.724. The van der Waals surface area contributed by atoms with Crippen LogP contribution in [0.15, 0.2) is 40.9 Å². The molecule has 2 aromatic carbocycles.